The van der Waals surface area contributed by atoms with E-state index in [0.717, 1.165) is 5.56 Å². The predicted octanol–water partition coefficient (Wildman–Crippen LogP) is 2.66. The number of carbonyl (C=O) groups excluding carboxylic acids is 2. The normalized spacial score (nSPS) is 10.1. The van der Waals surface area contributed by atoms with Crippen molar-refractivity contribution in [2.24, 2.45) is 0 Å². The van der Waals surface area contributed by atoms with E-state index in [-0.39, 0.29) is 11.8 Å². The average Bonchev–Trinajstić information content (AvgIpc) is 2.68. The van der Waals surface area contributed by atoms with Gasteiger partial charge in [0.05, 0.1) is 5.56 Å². The lowest BCUT2D eigenvalue weighted by Gasteiger charge is -2.09. The summed E-state index contributed by atoms with van der Waals surface area (Å²) in [5.41, 5.74) is 2.58. The quantitative estimate of drug-likeness (QED) is 0.752. The van der Waals surface area contributed by atoms with Gasteiger partial charge in [-0.3, -0.25) is 19.6 Å². The maximum atomic E-state index is 12.2. The molecule has 2 amide bonds. The maximum Gasteiger partial charge on any atom is 0.255 e. The Morgan fingerprint density at radius 2 is 1.68 bits per heavy atom. The third-order valence-electron chi connectivity index (χ3n) is 3.50. The molecule has 0 spiro atoms. The second kappa shape index (κ2) is 7.83. The van der Waals surface area contributed by atoms with Crippen LogP contribution >= 0.6 is 0 Å². The number of benzene rings is 1. The zero-order valence-electron chi connectivity index (χ0n) is 13.3. The molecule has 0 aliphatic heterocycles. The van der Waals surface area contributed by atoms with Gasteiger partial charge in [0.1, 0.15) is 0 Å². The van der Waals surface area contributed by atoms with Crippen molar-refractivity contribution in [3.8, 4) is 0 Å². The number of aromatic nitrogens is 2. The van der Waals surface area contributed by atoms with Gasteiger partial charge in [-0.1, -0.05) is 12.1 Å². The lowest BCUT2D eigenvalue weighted by Crippen LogP contribution is -2.23. The topological polar surface area (TPSA) is 84.0 Å². The number of rotatable bonds is 5. The number of anilines is 1. The monoisotopic (exact) mass is 332 g/mol. The van der Waals surface area contributed by atoms with Crippen molar-refractivity contribution < 1.29 is 9.59 Å². The Balaban J connectivity index is 1.62. The second-order valence-corrected chi connectivity index (χ2v) is 5.31. The molecule has 0 aliphatic carbocycles. The Morgan fingerprint density at radius 1 is 0.840 bits per heavy atom. The summed E-state index contributed by atoms with van der Waals surface area (Å²) < 4.78 is 0. The third-order valence-corrected chi connectivity index (χ3v) is 3.50. The van der Waals surface area contributed by atoms with Gasteiger partial charge in [-0.15, -0.1) is 0 Å². The van der Waals surface area contributed by atoms with Crippen molar-refractivity contribution in [1.29, 1.82) is 0 Å². The highest BCUT2D eigenvalue weighted by Gasteiger charge is 2.07. The number of amides is 2. The summed E-state index contributed by atoms with van der Waals surface area (Å²) in [6.07, 6.45) is 6.27. The fourth-order valence-corrected chi connectivity index (χ4v) is 2.25. The van der Waals surface area contributed by atoms with Crippen LogP contribution in [0.1, 0.15) is 26.3 Å². The molecule has 0 saturated heterocycles. The molecule has 1 aromatic carbocycles. The SMILES string of the molecule is O=C(NCc1cccc(NC(=O)c2ccncc2)c1)c1cccnc1. The minimum absolute atomic E-state index is 0.195. The summed E-state index contributed by atoms with van der Waals surface area (Å²) in [6.45, 7) is 0.354. The van der Waals surface area contributed by atoms with Crippen molar-refractivity contribution in [2.45, 2.75) is 6.54 Å². The maximum absolute atomic E-state index is 12.2. The van der Waals surface area contributed by atoms with Gasteiger partial charge in [-0.25, -0.2) is 0 Å². The number of carbonyl (C=O) groups is 2. The first-order valence-electron chi connectivity index (χ1n) is 7.71. The van der Waals surface area contributed by atoms with Crippen LogP contribution in [0.4, 0.5) is 5.69 Å². The van der Waals surface area contributed by atoms with Gasteiger partial charge in [-0.2, -0.15) is 0 Å². The first-order valence-corrected chi connectivity index (χ1v) is 7.71. The summed E-state index contributed by atoms with van der Waals surface area (Å²) in [5, 5.41) is 5.66. The van der Waals surface area contributed by atoms with E-state index in [1.54, 1.807) is 48.9 Å². The smallest absolute Gasteiger partial charge is 0.255 e. The van der Waals surface area contributed by atoms with Crippen LogP contribution in [0.3, 0.4) is 0 Å². The first-order chi connectivity index (χ1) is 12.2. The van der Waals surface area contributed by atoms with Crippen molar-refractivity contribution in [1.82, 2.24) is 15.3 Å². The zero-order chi connectivity index (χ0) is 17.5. The van der Waals surface area contributed by atoms with E-state index in [9.17, 15) is 9.59 Å². The molecular formula is C19H16N4O2. The molecule has 25 heavy (non-hydrogen) atoms. The van der Waals surface area contributed by atoms with Crippen LogP contribution in [0.25, 0.3) is 0 Å². The van der Waals surface area contributed by atoms with Gasteiger partial charge >= 0.3 is 0 Å². The van der Waals surface area contributed by atoms with Crippen LogP contribution in [0, 0.1) is 0 Å². The first kappa shape index (κ1) is 16.3. The van der Waals surface area contributed by atoms with Crippen LogP contribution in [0.2, 0.25) is 0 Å². The van der Waals surface area contributed by atoms with Gasteiger partial charge in [-0.05, 0) is 42.0 Å². The zero-order valence-corrected chi connectivity index (χ0v) is 13.3. The summed E-state index contributed by atoms with van der Waals surface area (Å²) in [6, 6.07) is 14.0. The molecule has 0 atom stereocenters. The van der Waals surface area contributed by atoms with Gasteiger partial charge in [0, 0.05) is 42.6 Å². The van der Waals surface area contributed by atoms with Gasteiger partial charge < -0.3 is 10.6 Å². The number of nitrogens with one attached hydrogen (secondary N) is 2. The van der Waals surface area contributed by atoms with E-state index >= 15 is 0 Å². The Hall–Kier alpha value is -3.54. The molecule has 0 aliphatic rings. The summed E-state index contributed by atoms with van der Waals surface area (Å²) >= 11 is 0. The number of pyridine rings is 2. The van der Waals surface area contributed by atoms with E-state index in [2.05, 4.69) is 20.6 Å². The van der Waals surface area contributed by atoms with Crippen LogP contribution < -0.4 is 10.6 Å². The van der Waals surface area contributed by atoms with E-state index in [1.807, 2.05) is 18.2 Å². The second-order valence-electron chi connectivity index (χ2n) is 5.31. The standard InChI is InChI=1S/C19H16N4O2/c24-18(16-4-2-8-21-13-16)22-12-14-3-1-5-17(11-14)23-19(25)15-6-9-20-10-7-15/h1-11,13H,12H2,(H,22,24)(H,23,25). The average molecular weight is 332 g/mol. The molecular weight excluding hydrogens is 316 g/mol. The summed E-state index contributed by atoms with van der Waals surface area (Å²) in [5.74, 6) is -0.404. The van der Waals surface area contributed by atoms with Gasteiger partial charge in [0.2, 0.25) is 0 Å². The largest absolute Gasteiger partial charge is 0.348 e. The molecule has 3 aromatic rings. The Bertz CT molecular complexity index is 867. The highest BCUT2D eigenvalue weighted by molar-refractivity contribution is 6.04. The Labute approximate surface area is 145 Å². The van der Waals surface area contributed by atoms with E-state index < -0.39 is 0 Å². The van der Waals surface area contributed by atoms with Crippen LogP contribution in [-0.2, 0) is 6.54 Å². The molecule has 0 radical (unpaired) electrons. The van der Waals surface area contributed by atoms with Crippen LogP contribution in [0.15, 0.2) is 73.3 Å². The molecule has 2 N–H and O–H groups in total. The van der Waals surface area contributed by atoms with Crippen molar-refractivity contribution in [2.75, 3.05) is 5.32 Å². The van der Waals surface area contributed by atoms with E-state index in [1.165, 1.54) is 6.20 Å². The van der Waals surface area contributed by atoms with Crippen molar-refractivity contribution in [3.05, 3.63) is 90.0 Å². The third kappa shape index (κ3) is 4.48. The molecule has 6 nitrogen and oxygen atoms in total. The minimum atomic E-state index is -0.209. The van der Waals surface area contributed by atoms with Gasteiger partial charge in [0.25, 0.3) is 11.8 Å². The Kier molecular flexibility index (Phi) is 5.11. The Morgan fingerprint density at radius 3 is 2.44 bits per heavy atom. The molecule has 2 heterocycles. The highest BCUT2D eigenvalue weighted by Crippen LogP contribution is 2.12. The van der Waals surface area contributed by atoms with E-state index in [0.29, 0.717) is 23.4 Å². The molecule has 2 aromatic heterocycles. The summed E-state index contributed by atoms with van der Waals surface area (Å²) in [4.78, 5) is 32.0. The number of hydrogen-bond acceptors (Lipinski definition) is 4. The molecule has 6 heteroatoms. The van der Waals surface area contributed by atoms with Crippen LogP contribution in [0.5, 0.6) is 0 Å². The summed E-state index contributed by atoms with van der Waals surface area (Å²) in [7, 11) is 0. The predicted molar refractivity (Wildman–Crippen MR) is 94.0 cm³/mol. The van der Waals surface area contributed by atoms with Crippen molar-refractivity contribution in [3.63, 3.8) is 0 Å². The fourth-order valence-electron chi connectivity index (χ4n) is 2.25. The number of hydrogen-bond donors (Lipinski definition) is 2. The number of nitrogens with zero attached hydrogens (tertiary/aromatic N) is 2. The molecule has 3 rings (SSSR count). The highest BCUT2D eigenvalue weighted by atomic mass is 16.2. The van der Waals surface area contributed by atoms with Crippen molar-refractivity contribution >= 4 is 17.5 Å². The molecule has 0 bridgehead atoms. The van der Waals surface area contributed by atoms with Crippen LogP contribution in [-0.4, -0.2) is 21.8 Å². The molecule has 0 unspecified atom stereocenters. The molecule has 124 valence electrons. The molecule has 0 saturated carbocycles. The lowest BCUT2D eigenvalue weighted by molar-refractivity contribution is 0.0949. The minimum Gasteiger partial charge on any atom is -0.348 e. The van der Waals surface area contributed by atoms with Gasteiger partial charge in [0.15, 0.2) is 0 Å². The van der Waals surface area contributed by atoms with E-state index in [4.69, 9.17) is 0 Å². The molecule has 0 fully saturated rings. The lowest BCUT2D eigenvalue weighted by atomic mass is 10.1. The fraction of sp³-hybridized carbons (Fsp3) is 0.0526.